The molecule has 8 nitrogen and oxygen atoms in total. The first-order valence-corrected chi connectivity index (χ1v) is 8.81. The minimum Gasteiger partial charge on any atom is -0.476 e. The Balaban J connectivity index is 2.22. The normalized spacial score (nSPS) is 12.7. The summed E-state index contributed by atoms with van der Waals surface area (Å²) in [6, 6.07) is 1.81. The molecule has 0 aliphatic rings. The van der Waals surface area contributed by atoms with Crippen molar-refractivity contribution in [1.82, 2.24) is 19.8 Å². The van der Waals surface area contributed by atoms with Crippen molar-refractivity contribution in [2.45, 2.75) is 33.6 Å². The molecule has 2 heterocycles. The number of sulfonamides is 1. The predicted octanol–water partition coefficient (Wildman–Crippen LogP) is 0.906. The van der Waals surface area contributed by atoms with E-state index in [4.69, 9.17) is 9.88 Å². The topological polar surface area (TPSA) is 112 Å². The number of nitrogens with zero attached hydrogens (tertiary/aromatic N) is 4. The SMILES string of the molecule is CCC(CC)(COc1nn2ncnc2cc1C)CS(N)(=O)=O. The van der Waals surface area contributed by atoms with Gasteiger partial charge in [-0.05, 0) is 25.8 Å². The molecule has 2 aromatic rings. The summed E-state index contributed by atoms with van der Waals surface area (Å²) in [5, 5.41) is 13.4. The molecule has 0 fully saturated rings. The Morgan fingerprint density at radius 1 is 1.36 bits per heavy atom. The van der Waals surface area contributed by atoms with Crippen LogP contribution >= 0.6 is 0 Å². The monoisotopic (exact) mass is 327 g/mol. The molecule has 122 valence electrons. The number of ether oxygens (including phenoxy) is 1. The molecule has 22 heavy (non-hydrogen) atoms. The smallest absolute Gasteiger partial charge is 0.236 e. The molecule has 0 aliphatic heterocycles. The van der Waals surface area contributed by atoms with Crippen molar-refractivity contribution in [3.63, 3.8) is 0 Å². The van der Waals surface area contributed by atoms with Crippen molar-refractivity contribution in [3.05, 3.63) is 18.0 Å². The van der Waals surface area contributed by atoms with Crippen LogP contribution in [0.25, 0.3) is 5.65 Å². The number of hydrogen-bond acceptors (Lipinski definition) is 6. The maximum absolute atomic E-state index is 11.5. The fourth-order valence-corrected chi connectivity index (χ4v) is 3.67. The third kappa shape index (κ3) is 3.72. The maximum atomic E-state index is 11.5. The second kappa shape index (κ2) is 6.17. The Labute approximate surface area is 129 Å². The van der Waals surface area contributed by atoms with E-state index < -0.39 is 15.4 Å². The number of aromatic nitrogens is 4. The molecule has 0 atom stereocenters. The molecule has 0 aromatic carbocycles. The molecule has 0 radical (unpaired) electrons. The third-order valence-electron chi connectivity index (χ3n) is 3.95. The second-order valence-electron chi connectivity index (χ2n) is 5.54. The molecule has 0 saturated heterocycles. The quantitative estimate of drug-likeness (QED) is 0.808. The zero-order valence-corrected chi connectivity index (χ0v) is 13.8. The van der Waals surface area contributed by atoms with Crippen molar-refractivity contribution >= 4 is 15.7 Å². The van der Waals surface area contributed by atoms with Crippen LogP contribution in [0, 0.1) is 12.3 Å². The predicted molar refractivity (Wildman–Crippen MR) is 82.0 cm³/mol. The fraction of sp³-hybridized carbons (Fsp3) is 0.615. The molecule has 9 heteroatoms. The summed E-state index contributed by atoms with van der Waals surface area (Å²) < 4.78 is 30.1. The van der Waals surface area contributed by atoms with Crippen LogP contribution in [0.1, 0.15) is 32.3 Å². The molecule has 2 rings (SSSR count). The second-order valence-corrected chi connectivity index (χ2v) is 7.16. The minimum absolute atomic E-state index is 0.113. The van der Waals surface area contributed by atoms with Gasteiger partial charge < -0.3 is 4.74 Å². The van der Waals surface area contributed by atoms with Crippen LogP contribution in [-0.2, 0) is 10.0 Å². The number of nitrogens with two attached hydrogens (primary N) is 1. The average Bonchev–Trinajstić information content (AvgIpc) is 2.89. The van der Waals surface area contributed by atoms with Gasteiger partial charge in [-0.2, -0.15) is 0 Å². The van der Waals surface area contributed by atoms with E-state index in [1.807, 2.05) is 26.8 Å². The first-order valence-electron chi connectivity index (χ1n) is 7.09. The zero-order valence-electron chi connectivity index (χ0n) is 13.0. The van der Waals surface area contributed by atoms with E-state index in [9.17, 15) is 8.42 Å². The van der Waals surface area contributed by atoms with E-state index in [1.165, 1.54) is 11.0 Å². The van der Waals surface area contributed by atoms with Gasteiger partial charge in [0, 0.05) is 11.0 Å². The summed E-state index contributed by atoms with van der Waals surface area (Å²) in [5.41, 5.74) is 0.919. The number of fused-ring (bicyclic) bond motifs is 1. The highest BCUT2D eigenvalue weighted by molar-refractivity contribution is 7.89. The molecule has 0 unspecified atom stereocenters. The van der Waals surface area contributed by atoms with Crippen LogP contribution < -0.4 is 9.88 Å². The highest BCUT2D eigenvalue weighted by Gasteiger charge is 2.32. The van der Waals surface area contributed by atoms with Gasteiger partial charge in [-0.1, -0.05) is 13.8 Å². The number of primary sulfonamides is 1. The van der Waals surface area contributed by atoms with Gasteiger partial charge in [-0.15, -0.1) is 14.8 Å². The lowest BCUT2D eigenvalue weighted by atomic mass is 9.85. The summed E-state index contributed by atoms with van der Waals surface area (Å²) in [5.74, 6) is 0.302. The standard InChI is InChI=1S/C13H21N5O3S/c1-4-13(5-2,8-22(14,19)20)7-21-12-10(3)6-11-15-9-16-18(11)17-12/h6,9H,4-5,7-8H2,1-3H3,(H2,14,19,20). The molecule has 2 N–H and O–H groups in total. The van der Waals surface area contributed by atoms with Crippen LogP contribution in [0.4, 0.5) is 0 Å². The molecule has 0 amide bonds. The van der Waals surface area contributed by atoms with Crippen molar-refractivity contribution in [2.24, 2.45) is 10.6 Å². The van der Waals surface area contributed by atoms with Crippen LogP contribution in [0.5, 0.6) is 5.88 Å². The molecule has 2 aromatic heterocycles. The van der Waals surface area contributed by atoms with Gasteiger partial charge in [0.2, 0.25) is 15.9 Å². The van der Waals surface area contributed by atoms with Gasteiger partial charge >= 0.3 is 0 Å². The summed E-state index contributed by atoms with van der Waals surface area (Å²) >= 11 is 0. The lowest BCUT2D eigenvalue weighted by Gasteiger charge is -2.30. The lowest BCUT2D eigenvalue weighted by molar-refractivity contribution is 0.147. The number of aryl methyl sites for hydroxylation is 1. The van der Waals surface area contributed by atoms with Crippen molar-refractivity contribution in [3.8, 4) is 5.88 Å². The summed E-state index contributed by atoms with van der Waals surface area (Å²) in [7, 11) is -3.57. The largest absolute Gasteiger partial charge is 0.476 e. The lowest BCUT2D eigenvalue weighted by Crippen LogP contribution is -2.38. The van der Waals surface area contributed by atoms with E-state index in [0.717, 1.165) is 5.56 Å². The van der Waals surface area contributed by atoms with Crippen molar-refractivity contribution < 1.29 is 13.2 Å². The molecule has 0 aliphatic carbocycles. The number of hydrogen-bond donors (Lipinski definition) is 1. The molecular formula is C13H21N5O3S. The van der Waals surface area contributed by atoms with Gasteiger partial charge in [0.25, 0.3) is 0 Å². The van der Waals surface area contributed by atoms with Gasteiger partial charge in [-0.3, -0.25) is 0 Å². The maximum Gasteiger partial charge on any atom is 0.236 e. The summed E-state index contributed by atoms with van der Waals surface area (Å²) in [6.07, 6.45) is 2.70. The average molecular weight is 327 g/mol. The Hall–Kier alpha value is -1.74. The van der Waals surface area contributed by atoms with Gasteiger partial charge in [-0.25, -0.2) is 18.5 Å². The Morgan fingerprint density at radius 2 is 2.05 bits per heavy atom. The highest BCUT2D eigenvalue weighted by atomic mass is 32.2. The van der Waals surface area contributed by atoms with Crippen molar-refractivity contribution in [2.75, 3.05) is 12.4 Å². The summed E-state index contributed by atoms with van der Waals surface area (Å²) in [4.78, 5) is 4.05. The first kappa shape index (κ1) is 16.6. The number of rotatable bonds is 7. The van der Waals surface area contributed by atoms with Gasteiger partial charge in [0.05, 0.1) is 12.4 Å². The highest BCUT2D eigenvalue weighted by Crippen LogP contribution is 2.29. The fourth-order valence-electron chi connectivity index (χ4n) is 2.33. The van der Waals surface area contributed by atoms with Crippen LogP contribution in [0.15, 0.2) is 12.4 Å². The van der Waals surface area contributed by atoms with Gasteiger partial charge in [0.1, 0.15) is 6.33 Å². The van der Waals surface area contributed by atoms with Crippen LogP contribution in [0.2, 0.25) is 0 Å². The zero-order chi connectivity index (χ0) is 16.4. The van der Waals surface area contributed by atoms with E-state index in [0.29, 0.717) is 24.4 Å². The molecule has 0 bridgehead atoms. The van der Waals surface area contributed by atoms with Crippen molar-refractivity contribution in [1.29, 1.82) is 0 Å². The third-order valence-corrected chi connectivity index (χ3v) is 4.96. The van der Waals surface area contributed by atoms with Gasteiger partial charge in [0.15, 0.2) is 5.65 Å². The van der Waals surface area contributed by atoms with Crippen LogP contribution in [-0.4, -0.2) is 40.6 Å². The Bertz CT molecular complexity index is 752. The van der Waals surface area contributed by atoms with E-state index in [-0.39, 0.29) is 12.4 Å². The van der Waals surface area contributed by atoms with E-state index in [2.05, 4.69) is 15.2 Å². The summed E-state index contributed by atoms with van der Waals surface area (Å²) in [6.45, 7) is 5.94. The van der Waals surface area contributed by atoms with Crippen LogP contribution in [0.3, 0.4) is 0 Å². The molecular weight excluding hydrogens is 306 g/mol. The molecule has 0 saturated carbocycles. The molecule has 0 spiro atoms. The first-order chi connectivity index (χ1) is 10.3. The Kier molecular flexibility index (Phi) is 4.66. The van der Waals surface area contributed by atoms with E-state index in [1.54, 1.807) is 0 Å². The van der Waals surface area contributed by atoms with E-state index >= 15 is 0 Å². The minimum atomic E-state index is -3.57. The Morgan fingerprint density at radius 3 is 2.64 bits per heavy atom.